The molecule has 0 saturated carbocycles. The zero-order valence-corrected chi connectivity index (χ0v) is 13.1. The second-order valence-electron chi connectivity index (χ2n) is 5.87. The molecular weight excluding hydrogens is 266 g/mol. The fourth-order valence-electron chi connectivity index (χ4n) is 2.81. The number of likely N-dealkylation sites (N-methyl/N-ethyl adjacent to an activating group) is 1. The first-order chi connectivity index (χ1) is 10.1. The Bertz CT molecular complexity index is 449. The van der Waals surface area contributed by atoms with Gasteiger partial charge in [-0.2, -0.15) is 0 Å². The minimum Gasteiger partial charge on any atom is -0.461 e. The molecule has 4 nitrogen and oxygen atoms in total. The number of hydrogen-bond acceptors (Lipinski definition) is 4. The lowest BCUT2D eigenvalue weighted by atomic mass is 10.1. The zero-order valence-electron chi connectivity index (χ0n) is 13.1. The van der Waals surface area contributed by atoms with Crippen LogP contribution in [0.2, 0.25) is 0 Å². The molecule has 1 aliphatic rings. The molecule has 116 valence electrons. The Morgan fingerprint density at radius 2 is 2.14 bits per heavy atom. The van der Waals surface area contributed by atoms with Crippen LogP contribution < -0.4 is 0 Å². The van der Waals surface area contributed by atoms with Gasteiger partial charge < -0.3 is 9.47 Å². The lowest BCUT2D eigenvalue weighted by Crippen LogP contribution is -2.40. The van der Waals surface area contributed by atoms with E-state index in [0.29, 0.717) is 19.2 Å². The van der Waals surface area contributed by atoms with E-state index in [1.54, 1.807) is 0 Å². The maximum Gasteiger partial charge on any atom is 0.310 e. The van der Waals surface area contributed by atoms with Gasteiger partial charge in [0.25, 0.3) is 0 Å². The molecule has 0 N–H and O–H groups in total. The number of carbonyl (C=O) groups is 1. The van der Waals surface area contributed by atoms with E-state index < -0.39 is 0 Å². The standard InChI is InChI=1S/C17H25NO3/c1-13(11-18(3)16-9-10-20-14(16)2)17(19)21-12-15-7-5-4-6-8-15/h4-8,13-14,16H,9-12H2,1-3H3. The maximum atomic E-state index is 12.1. The van der Waals surface area contributed by atoms with E-state index in [1.165, 1.54) is 0 Å². The highest BCUT2D eigenvalue weighted by molar-refractivity contribution is 5.72. The molecule has 1 aromatic rings. The fourth-order valence-corrected chi connectivity index (χ4v) is 2.81. The normalized spacial score (nSPS) is 23.2. The molecule has 3 unspecified atom stereocenters. The number of ether oxygens (including phenoxy) is 2. The van der Waals surface area contributed by atoms with E-state index in [-0.39, 0.29) is 18.0 Å². The Labute approximate surface area is 127 Å². The second kappa shape index (κ2) is 7.57. The van der Waals surface area contributed by atoms with Crippen LogP contribution in [0.15, 0.2) is 30.3 Å². The van der Waals surface area contributed by atoms with E-state index in [4.69, 9.17) is 9.47 Å². The number of carbonyl (C=O) groups excluding carboxylic acids is 1. The summed E-state index contributed by atoms with van der Waals surface area (Å²) in [6.45, 7) is 5.86. The van der Waals surface area contributed by atoms with Gasteiger partial charge in [-0.1, -0.05) is 37.3 Å². The molecule has 21 heavy (non-hydrogen) atoms. The smallest absolute Gasteiger partial charge is 0.310 e. The van der Waals surface area contributed by atoms with Gasteiger partial charge in [0.05, 0.1) is 12.0 Å². The molecule has 1 heterocycles. The number of benzene rings is 1. The first-order valence-corrected chi connectivity index (χ1v) is 7.60. The van der Waals surface area contributed by atoms with Crippen LogP contribution in [0.25, 0.3) is 0 Å². The summed E-state index contributed by atoms with van der Waals surface area (Å²) in [4.78, 5) is 14.3. The molecule has 3 atom stereocenters. The molecule has 0 spiro atoms. The van der Waals surface area contributed by atoms with Gasteiger partial charge in [-0.3, -0.25) is 9.69 Å². The molecule has 0 bridgehead atoms. The summed E-state index contributed by atoms with van der Waals surface area (Å²) in [5.41, 5.74) is 1.02. The zero-order chi connectivity index (χ0) is 15.2. The molecule has 0 radical (unpaired) electrons. The molecule has 1 aliphatic heterocycles. The Morgan fingerprint density at radius 3 is 2.76 bits per heavy atom. The first kappa shape index (κ1) is 16.0. The van der Waals surface area contributed by atoms with E-state index in [0.717, 1.165) is 18.6 Å². The van der Waals surface area contributed by atoms with Gasteiger partial charge in [-0.05, 0) is 26.0 Å². The molecule has 0 aliphatic carbocycles. The van der Waals surface area contributed by atoms with Gasteiger partial charge in [-0.25, -0.2) is 0 Å². The van der Waals surface area contributed by atoms with Crippen molar-refractivity contribution in [1.82, 2.24) is 4.90 Å². The van der Waals surface area contributed by atoms with Crippen LogP contribution in [0.1, 0.15) is 25.8 Å². The third-order valence-corrected chi connectivity index (χ3v) is 4.09. The minimum atomic E-state index is -0.141. The topological polar surface area (TPSA) is 38.8 Å². The molecule has 1 saturated heterocycles. The van der Waals surface area contributed by atoms with Crippen LogP contribution in [-0.4, -0.2) is 43.2 Å². The molecule has 1 aromatic carbocycles. The van der Waals surface area contributed by atoms with Gasteiger partial charge in [0.1, 0.15) is 6.61 Å². The number of nitrogens with zero attached hydrogens (tertiary/aromatic N) is 1. The molecule has 4 heteroatoms. The van der Waals surface area contributed by atoms with E-state index >= 15 is 0 Å². The maximum absolute atomic E-state index is 12.1. The van der Waals surface area contributed by atoms with E-state index in [9.17, 15) is 4.79 Å². The third kappa shape index (κ3) is 4.55. The fraction of sp³-hybridized carbons (Fsp3) is 0.588. The van der Waals surface area contributed by atoms with Gasteiger partial charge >= 0.3 is 5.97 Å². The van der Waals surface area contributed by atoms with Crippen molar-refractivity contribution in [3.63, 3.8) is 0 Å². The summed E-state index contributed by atoms with van der Waals surface area (Å²) in [7, 11) is 2.05. The van der Waals surface area contributed by atoms with Crippen LogP contribution in [0.4, 0.5) is 0 Å². The van der Waals surface area contributed by atoms with Gasteiger partial charge in [0, 0.05) is 19.2 Å². The minimum absolute atomic E-state index is 0.133. The van der Waals surface area contributed by atoms with Crippen LogP contribution in [0.5, 0.6) is 0 Å². The monoisotopic (exact) mass is 291 g/mol. The molecule has 0 aromatic heterocycles. The summed E-state index contributed by atoms with van der Waals surface area (Å²) >= 11 is 0. The van der Waals surface area contributed by atoms with Crippen molar-refractivity contribution in [2.75, 3.05) is 20.2 Å². The molecule has 2 rings (SSSR count). The third-order valence-electron chi connectivity index (χ3n) is 4.09. The van der Waals surface area contributed by atoms with Crippen molar-refractivity contribution in [2.45, 2.75) is 39.0 Å². The second-order valence-corrected chi connectivity index (χ2v) is 5.87. The summed E-state index contributed by atoms with van der Waals surface area (Å²) < 4.78 is 11.0. The Morgan fingerprint density at radius 1 is 1.43 bits per heavy atom. The van der Waals surface area contributed by atoms with E-state index in [1.807, 2.05) is 37.3 Å². The summed E-state index contributed by atoms with van der Waals surface area (Å²) in [6, 6.07) is 10.2. The lowest BCUT2D eigenvalue weighted by molar-refractivity contribution is -0.150. The highest BCUT2D eigenvalue weighted by Crippen LogP contribution is 2.19. The Hall–Kier alpha value is -1.39. The van der Waals surface area contributed by atoms with Gasteiger partial charge in [0.2, 0.25) is 0 Å². The van der Waals surface area contributed by atoms with Crippen molar-refractivity contribution in [3.05, 3.63) is 35.9 Å². The van der Waals surface area contributed by atoms with Crippen molar-refractivity contribution in [2.24, 2.45) is 5.92 Å². The number of rotatable bonds is 6. The average molecular weight is 291 g/mol. The van der Waals surface area contributed by atoms with E-state index in [2.05, 4.69) is 18.9 Å². The van der Waals surface area contributed by atoms with Crippen LogP contribution in [0.3, 0.4) is 0 Å². The SMILES string of the molecule is CC(CN(C)C1CCOC1C)C(=O)OCc1ccccc1. The highest BCUT2D eigenvalue weighted by Gasteiger charge is 2.29. The van der Waals surface area contributed by atoms with Crippen molar-refractivity contribution in [1.29, 1.82) is 0 Å². The quantitative estimate of drug-likeness (QED) is 0.755. The average Bonchev–Trinajstić information content (AvgIpc) is 2.92. The van der Waals surface area contributed by atoms with Crippen LogP contribution >= 0.6 is 0 Å². The summed E-state index contributed by atoms with van der Waals surface area (Å²) in [6.07, 6.45) is 1.27. The van der Waals surface area contributed by atoms with Crippen molar-refractivity contribution >= 4 is 5.97 Å². The summed E-state index contributed by atoms with van der Waals surface area (Å²) in [5.74, 6) is -0.274. The van der Waals surface area contributed by atoms with Crippen molar-refractivity contribution in [3.8, 4) is 0 Å². The largest absolute Gasteiger partial charge is 0.461 e. The Balaban J connectivity index is 1.77. The molecular formula is C17H25NO3. The van der Waals surface area contributed by atoms with Crippen LogP contribution in [0, 0.1) is 5.92 Å². The van der Waals surface area contributed by atoms with Crippen LogP contribution in [-0.2, 0) is 20.9 Å². The molecule has 0 amide bonds. The predicted molar refractivity (Wildman–Crippen MR) is 81.9 cm³/mol. The van der Waals surface area contributed by atoms with Crippen molar-refractivity contribution < 1.29 is 14.3 Å². The van der Waals surface area contributed by atoms with Gasteiger partial charge in [0.15, 0.2) is 0 Å². The lowest BCUT2D eigenvalue weighted by Gasteiger charge is -2.28. The Kier molecular flexibility index (Phi) is 5.76. The molecule has 1 fully saturated rings. The first-order valence-electron chi connectivity index (χ1n) is 7.60. The predicted octanol–water partition coefficient (Wildman–Crippen LogP) is 2.48. The van der Waals surface area contributed by atoms with Gasteiger partial charge in [-0.15, -0.1) is 0 Å². The number of hydrogen-bond donors (Lipinski definition) is 0. The summed E-state index contributed by atoms with van der Waals surface area (Å²) in [5, 5.41) is 0. The number of esters is 1. The highest BCUT2D eigenvalue weighted by atomic mass is 16.5.